The highest BCUT2D eigenvalue weighted by Crippen LogP contribution is 2.25. The molecule has 0 atom stereocenters. The van der Waals surface area contributed by atoms with Crippen molar-refractivity contribution in [2.24, 2.45) is 0 Å². The van der Waals surface area contributed by atoms with Gasteiger partial charge in [-0.1, -0.05) is 35.3 Å². The lowest BCUT2D eigenvalue weighted by molar-refractivity contribution is 0.0948. The highest BCUT2D eigenvalue weighted by Gasteiger charge is 2.14. The van der Waals surface area contributed by atoms with Crippen LogP contribution in [0.1, 0.15) is 33.0 Å². The van der Waals surface area contributed by atoms with Gasteiger partial charge in [-0.25, -0.2) is 4.98 Å². The van der Waals surface area contributed by atoms with E-state index in [0.717, 1.165) is 11.3 Å². The fourth-order valence-electron chi connectivity index (χ4n) is 2.51. The van der Waals surface area contributed by atoms with Gasteiger partial charge >= 0.3 is 0 Å². The van der Waals surface area contributed by atoms with E-state index in [-0.39, 0.29) is 18.5 Å². The Balaban J connectivity index is 1.74. The van der Waals surface area contributed by atoms with Crippen molar-refractivity contribution >= 4 is 29.1 Å². The van der Waals surface area contributed by atoms with Gasteiger partial charge in [0.1, 0.15) is 11.4 Å². The van der Waals surface area contributed by atoms with E-state index < -0.39 is 11.5 Å². The summed E-state index contributed by atoms with van der Waals surface area (Å²) in [7, 11) is 0. The van der Waals surface area contributed by atoms with Gasteiger partial charge in [-0.15, -0.1) is 0 Å². The first-order chi connectivity index (χ1) is 13.0. The molecule has 0 aliphatic carbocycles. The van der Waals surface area contributed by atoms with Crippen LogP contribution in [0.3, 0.4) is 0 Å². The summed E-state index contributed by atoms with van der Waals surface area (Å²) in [5, 5.41) is 3.65. The fourth-order valence-corrected chi connectivity index (χ4v) is 3.05. The van der Waals surface area contributed by atoms with Crippen molar-refractivity contribution in [3.8, 4) is 0 Å². The van der Waals surface area contributed by atoms with E-state index in [4.69, 9.17) is 23.2 Å². The number of hydrogen-bond donors (Lipinski definition) is 2. The first-order valence-electron chi connectivity index (χ1n) is 8.15. The smallest absolute Gasteiger partial charge is 0.263 e. The van der Waals surface area contributed by atoms with E-state index in [1.54, 1.807) is 24.4 Å². The number of nitrogens with one attached hydrogen (secondary N) is 2. The van der Waals surface area contributed by atoms with Gasteiger partial charge in [0.25, 0.3) is 11.5 Å². The molecular weight excluding hydrogens is 387 g/mol. The maximum atomic E-state index is 12.3. The van der Waals surface area contributed by atoms with E-state index >= 15 is 0 Å². The van der Waals surface area contributed by atoms with Crippen molar-refractivity contribution in [3.05, 3.63) is 91.3 Å². The number of amides is 1. The molecule has 2 N–H and O–H groups in total. The monoisotopic (exact) mass is 402 g/mol. The second kappa shape index (κ2) is 8.33. The average Bonchev–Trinajstić information content (AvgIpc) is 2.64. The number of nitrogens with zero attached hydrogens (tertiary/aromatic N) is 2. The normalized spacial score (nSPS) is 10.6. The van der Waals surface area contributed by atoms with Gasteiger partial charge in [-0.3, -0.25) is 14.6 Å². The number of carbonyl (C=O) groups excluding carboxylic acids is 1. The Morgan fingerprint density at radius 2 is 1.89 bits per heavy atom. The third-order valence-electron chi connectivity index (χ3n) is 4.04. The number of benzene rings is 1. The number of pyridine rings is 1. The number of H-pyrrole nitrogens is 1. The molecule has 1 amide bonds. The summed E-state index contributed by atoms with van der Waals surface area (Å²) in [4.78, 5) is 35.5. The van der Waals surface area contributed by atoms with Crippen molar-refractivity contribution in [1.29, 1.82) is 0 Å². The Labute approximate surface area is 165 Å². The molecule has 0 aliphatic heterocycles. The first-order valence-corrected chi connectivity index (χ1v) is 8.91. The topological polar surface area (TPSA) is 87.7 Å². The first kappa shape index (κ1) is 19.1. The van der Waals surface area contributed by atoms with Crippen LogP contribution < -0.4 is 10.9 Å². The number of carbonyl (C=O) groups is 1. The van der Waals surface area contributed by atoms with Crippen LogP contribution in [0.25, 0.3) is 0 Å². The van der Waals surface area contributed by atoms with Crippen molar-refractivity contribution in [1.82, 2.24) is 20.3 Å². The maximum absolute atomic E-state index is 12.3. The summed E-state index contributed by atoms with van der Waals surface area (Å²) in [5.41, 5.74) is 1.75. The van der Waals surface area contributed by atoms with Crippen LogP contribution in [-0.4, -0.2) is 20.9 Å². The summed E-state index contributed by atoms with van der Waals surface area (Å²) in [6, 6.07) is 8.88. The molecule has 0 saturated heterocycles. The van der Waals surface area contributed by atoms with Crippen LogP contribution >= 0.6 is 23.2 Å². The lowest BCUT2D eigenvalue weighted by Gasteiger charge is -2.08. The standard InChI is InChI=1S/C19H16Cl2N4O2/c1-11-4-3-7-22-16(11)10-24-18(26)13-9-23-17(25-19(13)27)8-12-14(20)5-2-6-15(12)21/h2-7,9H,8,10H2,1H3,(H,24,26)(H,23,25,27). The van der Waals surface area contributed by atoms with Crippen molar-refractivity contribution < 1.29 is 4.79 Å². The molecule has 0 radical (unpaired) electrons. The van der Waals surface area contributed by atoms with Crippen molar-refractivity contribution in [2.75, 3.05) is 0 Å². The van der Waals surface area contributed by atoms with Gasteiger partial charge in [0.15, 0.2) is 0 Å². The zero-order valence-corrected chi connectivity index (χ0v) is 15.9. The van der Waals surface area contributed by atoms with Crippen molar-refractivity contribution in [2.45, 2.75) is 19.9 Å². The van der Waals surface area contributed by atoms with Gasteiger partial charge in [0.2, 0.25) is 0 Å². The van der Waals surface area contributed by atoms with Crippen LogP contribution in [0.4, 0.5) is 0 Å². The minimum atomic E-state index is -0.529. The second-order valence-electron chi connectivity index (χ2n) is 5.90. The molecule has 1 aromatic carbocycles. The van der Waals surface area contributed by atoms with Crippen LogP contribution in [0.2, 0.25) is 10.0 Å². The highest BCUT2D eigenvalue weighted by molar-refractivity contribution is 6.36. The molecule has 2 heterocycles. The Morgan fingerprint density at radius 1 is 1.15 bits per heavy atom. The lowest BCUT2D eigenvalue weighted by Crippen LogP contribution is -2.30. The summed E-state index contributed by atoms with van der Waals surface area (Å²) in [5.74, 6) is -0.150. The van der Waals surface area contributed by atoms with Gasteiger partial charge in [0.05, 0.1) is 12.2 Å². The van der Waals surface area contributed by atoms with Gasteiger partial charge < -0.3 is 10.3 Å². The number of aryl methyl sites for hydroxylation is 1. The zero-order chi connectivity index (χ0) is 19.4. The van der Waals surface area contributed by atoms with Gasteiger partial charge in [0, 0.05) is 28.9 Å². The molecule has 0 unspecified atom stereocenters. The predicted molar refractivity (Wildman–Crippen MR) is 104 cm³/mol. The molecule has 0 aliphatic rings. The molecular formula is C19H16Cl2N4O2. The Kier molecular flexibility index (Phi) is 5.88. The third-order valence-corrected chi connectivity index (χ3v) is 4.74. The lowest BCUT2D eigenvalue weighted by atomic mass is 10.1. The van der Waals surface area contributed by atoms with Crippen LogP contribution in [0.5, 0.6) is 0 Å². The summed E-state index contributed by atoms with van der Waals surface area (Å²) in [6.45, 7) is 2.12. The highest BCUT2D eigenvalue weighted by atomic mass is 35.5. The summed E-state index contributed by atoms with van der Waals surface area (Å²) < 4.78 is 0. The molecule has 3 aromatic rings. The summed E-state index contributed by atoms with van der Waals surface area (Å²) in [6.07, 6.45) is 3.15. The molecule has 2 aromatic heterocycles. The van der Waals surface area contributed by atoms with E-state index in [1.165, 1.54) is 6.20 Å². The SMILES string of the molecule is Cc1cccnc1CNC(=O)c1cnc(Cc2c(Cl)cccc2Cl)[nH]c1=O. The number of hydrogen-bond acceptors (Lipinski definition) is 4. The third kappa shape index (κ3) is 4.53. The fraction of sp³-hybridized carbons (Fsp3) is 0.158. The molecule has 138 valence electrons. The Bertz CT molecular complexity index is 1030. The largest absolute Gasteiger partial charge is 0.346 e. The van der Waals surface area contributed by atoms with Crippen molar-refractivity contribution in [3.63, 3.8) is 0 Å². The Morgan fingerprint density at radius 3 is 2.56 bits per heavy atom. The number of halogens is 2. The van der Waals surface area contributed by atoms with Crippen LogP contribution in [0.15, 0.2) is 47.5 Å². The van der Waals surface area contributed by atoms with E-state index in [0.29, 0.717) is 21.4 Å². The van der Waals surface area contributed by atoms with E-state index in [2.05, 4.69) is 20.3 Å². The van der Waals surface area contributed by atoms with E-state index in [9.17, 15) is 9.59 Å². The quantitative estimate of drug-likeness (QED) is 0.684. The maximum Gasteiger partial charge on any atom is 0.263 e. The molecule has 27 heavy (non-hydrogen) atoms. The van der Waals surface area contributed by atoms with Crippen LogP contribution in [-0.2, 0) is 13.0 Å². The second-order valence-corrected chi connectivity index (χ2v) is 6.71. The molecule has 0 bridgehead atoms. The van der Waals surface area contributed by atoms with E-state index in [1.807, 2.05) is 19.1 Å². The average molecular weight is 403 g/mol. The molecule has 0 saturated carbocycles. The molecule has 6 nitrogen and oxygen atoms in total. The molecule has 8 heteroatoms. The summed E-state index contributed by atoms with van der Waals surface area (Å²) >= 11 is 12.3. The number of aromatic amines is 1. The van der Waals surface area contributed by atoms with Crippen LogP contribution in [0, 0.1) is 6.92 Å². The minimum Gasteiger partial charge on any atom is -0.346 e. The number of rotatable bonds is 5. The molecule has 3 rings (SSSR count). The molecule has 0 fully saturated rings. The van der Waals surface area contributed by atoms with Gasteiger partial charge in [-0.05, 0) is 36.2 Å². The predicted octanol–water partition coefficient (Wildman–Crippen LogP) is 3.30. The van der Waals surface area contributed by atoms with Gasteiger partial charge in [-0.2, -0.15) is 0 Å². The minimum absolute atomic E-state index is 0.0717. The number of aromatic nitrogens is 3. The Hall–Kier alpha value is -2.70. The molecule has 0 spiro atoms. The zero-order valence-electron chi connectivity index (χ0n) is 14.4.